The van der Waals surface area contributed by atoms with Crippen LogP contribution in [-0.2, 0) is 9.47 Å². The average molecular weight is 285 g/mol. The van der Waals surface area contributed by atoms with E-state index in [0.717, 1.165) is 19.1 Å². The van der Waals surface area contributed by atoms with Crippen LogP contribution in [0, 0.1) is 0 Å². The Morgan fingerprint density at radius 1 is 1.30 bits per heavy atom. The molecular formula is C13H19NO6. The van der Waals surface area contributed by atoms with Crippen molar-refractivity contribution in [2.75, 3.05) is 33.5 Å². The first-order chi connectivity index (χ1) is 9.65. The molecule has 1 rings (SSSR count). The van der Waals surface area contributed by atoms with Crippen molar-refractivity contribution in [1.29, 1.82) is 0 Å². The summed E-state index contributed by atoms with van der Waals surface area (Å²) in [5.74, 6) is -1.54. The van der Waals surface area contributed by atoms with Gasteiger partial charge in [-0.05, 0) is 12.8 Å². The maximum absolute atomic E-state index is 11.6. The largest absolute Gasteiger partial charge is 0.478 e. The van der Waals surface area contributed by atoms with Crippen LogP contribution in [0.15, 0.2) is 16.7 Å². The third-order valence-electron chi connectivity index (χ3n) is 2.50. The molecule has 1 aromatic rings. The Balaban J connectivity index is 2.12. The Labute approximate surface area is 116 Å². The molecule has 1 amide bonds. The highest BCUT2D eigenvalue weighted by Crippen LogP contribution is 2.07. The van der Waals surface area contributed by atoms with Crippen molar-refractivity contribution in [1.82, 2.24) is 5.32 Å². The second kappa shape index (κ2) is 9.11. The van der Waals surface area contributed by atoms with Gasteiger partial charge in [0.15, 0.2) is 5.76 Å². The van der Waals surface area contributed by atoms with Crippen molar-refractivity contribution in [3.8, 4) is 0 Å². The zero-order valence-electron chi connectivity index (χ0n) is 11.4. The summed E-state index contributed by atoms with van der Waals surface area (Å²) < 4.78 is 15.0. The van der Waals surface area contributed by atoms with Crippen molar-refractivity contribution in [2.24, 2.45) is 0 Å². The number of nitrogens with one attached hydrogen (secondary N) is 1. The van der Waals surface area contributed by atoms with Crippen LogP contribution >= 0.6 is 0 Å². The van der Waals surface area contributed by atoms with Crippen molar-refractivity contribution >= 4 is 11.9 Å². The molecule has 0 atom stereocenters. The molecule has 0 saturated carbocycles. The topological polar surface area (TPSA) is 98.0 Å². The Hall–Kier alpha value is -1.86. The maximum Gasteiger partial charge on any atom is 0.338 e. The minimum Gasteiger partial charge on any atom is -0.478 e. The first-order valence-electron chi connectivity index (χ1n) is 6.32. The third kappa shape index (κ3) is 5.85. The summed E-state index contributed by atoms with van der Waals surface area (Å²) >= 11 is 0. The van der Waals surface area contributed by atoms with Crippen LogP contribution in [0.3, 0.4) is 0 Å². The number of hydrogen-bond acceptors (Lipinski definition) is 5. The molecule has 0 saturated heterocycles. The van der Waals surface area contributed by atoms with Gasteiger partial charge in [-0.25, -0.2) is 4.79 Å². The van der Waals surface area contributed by atoms with E-state index in [1.54, 1.807) is 7.11 Å². The SMILES string of the molecule is COCCOCCCCNC(=O)c1cc(C(=O)O)co1. The van der Waals surface area contributed by atoms with Gasteiger partial charge in [0.1, 0.15) is 6.26 Å². The van der Waals surface area contributed by atoms with Gasteiger partial charge in [0, 0.05) is 26.3 Å². The number of carboxylic acid groups (broad SMARTS) is 1. The van der Waals surface area contributed by atoms with E-state index in [-0.39, 0.29) is 11.3 Å². The summed E-state index contributed by atoms with van der Waals surface area (Å²) in [5, 5.41) is 11.3. The lowest BCUT2D eigenvalue weighted by Crippen LogP contribution is -2.24. The predicted octanol–water partition coefficient (Wildman–Crippen LogP) is 1.15. The zero-order valence-corrected chi connectivity index (χ0v) is 11.4. The second-order valence-corrected chi connectivity index (χ2v) is 4.07. The molecule has 20 heavy (non-hydrogen) atoms. The molecule has 1 heterocycles. The van der Waals surface area contributed by atoms with E-state index in [2.05, 4.69) is 5.32 Å². The second-order valence-electron chi connectivity index (χ2n) is 4.07. The number of furan rings is 1. The van der Waals surface area contributed by atoms with Crippen LogP contribution in [0.5, 0.6) is 0 Å². The number of amides is 1. The van der Waals surface area contributed by atoms with Gasteiger partial charge >= 0.3 is 5.97 Å². The monoisotopic (exact) mass is 285 g/mol. The predicted molar refractivity (Wildman–Crippen MR) is 69.9 cm³/mol. The van der Waals surface area contributed by atoms with Crippen LogP contribution in [-0.4, -0.2) is 50.5 Å². The number of carboxylic acids is 1. The van der Waals surface area contributed by atoms with Crippen molar-refractivity contribution in [3.05, 3.63) is 23.7 Å². The van der Waals surface area contributed by atoms with E-state index >= 15 is 0 Å². The summed E-state index contributed by atoms with van der Waals surface area (Å²) in [5.41, 5.74) is -0.0401. The molecule has 0 radical (unpaired) electrons. The van der Waals surface area contributed by atoms with Crippen LogP contribution < -0.4 is 5.32 Å². The fraction of sp³-hybridized carbons (Fsp3) is 0.538. The highest BCUT2D eigenvalue weighted by molar-refractivity contribution is 5.95. The number of rotatable bonds is 10. The van der Waals surface area contributed by atoms with Gasteiger partial charge in [-0.3, -0.25) is 4.79 Å². The van der Waals surface area contributed by atoms with Gasteiger partial charge in [0.2, 0.25) is 0 Å². The molecule has 7 heteroatoms. The molecule has 1 aromatic heterocycles. The number of carbonyl (C=O) groups is 2. The molecule has 0 spiro atoms. The van der Waals surface area contributed by atoms with E-state index in [0.29, 0.717) is 26.4 Å². The van der Waals surface area contributed by atoms with Crippen LogP contribution in [0.25, 0.3) is 0 Å². The molecule has 0 fully saturated rings. The maximum atomic E-state index is 11.6. The Kier molecular flexibility index (Phi) is 7.38. The van der Waals surface area contributed by atoms with Crippen LogP contribution in [0.4, 0.5) is 0 Å². The summed E-state index contributed by atoms with van der Waals surface area (Å²) in [6.07, 6.45) is 2.63. The fourth-order valence-electron chi connectivity index (χ4n) is 1.43. The molecule has 0 aliphatic heterocycles. The average Bonchev–Trinajstić information content (AvgIpc) is 2.91. The molecule has 0 aliphatic rings. The molecular weight excluding hydrogens is 266 g/mol. The molecule has 0 aliphatic carbocycles. The van der Waals surface area contributed by atoms with E-state index in [1.165, 1.54) is 6.07 Å². The highest BCUT2D eigenvalue weighted by Gasteiger charge is 2.13. The first kappa shape index (κ1) is 16.2. The number of hydrogen-bond donors (Lipinski definition) is 2. The van der Waals surface area contributed by atoms with Gasteiger partial charge in [0.25, 0.3) is 5.91 Å². The third-order valence-corrected chi connectivity index (χ3v) is 2.50. The Morgan fingerprint density at radius 2 is 2.10 bits per heavy atom. The van der Waals surface area contributed by atoms with Gasteiger partial charge in [0.05, 0.1) is 18.8 Å². The molecule has 2 N–H and O–H groups in total. The van der Waals surface area contributed by atoms with E-state index < -0.39 is 11.9 Å². The van der Waals surface area contributed by atoms with Gasteiger partial charge in [-0.15, -0.1) is 0 Å². The molecule has 0 bridgehead atoms. The highest BCUT2D eigenvalue weighted by atomic mass is 16.5. The first-order valence-corrected chi connectivity index (χ1v) is 6.32. The quantitative estimate of drug-likeness (QED) is 0.626. The van der Waals surface area contributed by atoms with Crippen LogP contribution in [0.2, 0.25) is 0 Å². The summed E-state index contributed by atoms with van der Waals surface area (Å²) in [6.45, 7) is 2.23. The molecule has 7 nitrogen and oxygen atoms in total. The molecule has 0 aromatic carbocycles. The fourth-order valence-corrected chi connectivity index (χ4v) is 1.43. The summed E-state index contributed by atoms with van der Waals surface area (Å²) in [7, 11) is 1.61. The normalized spacial score (nSPS) is 10.4. The van der Waals surface area contributed by atoms with E-state index in [1.807, 2.05) is 0 Å². The lowest BCUT2D eigenvalue weighted by atomic mass is 10.3. The number of methoxy groups -OCH3 is 1. The van der Waals surface area contributed by atoms with Gasteiger partial charge < -0.3 is 24.3 Å². The summed E-state index contributed by atoms with van der Waals surface area (Å²) in [4.78, 5) is 22.2. The number of unbranched alkanes of at least 4 members (excludes halogenated alkanes) is 1. The summed E-state index contributed by atoms with van der Waals surface area (Å²) in [6, 6.07) is 1.20. The zero-order chi connectivity index (χ0) is 14.8. The lowest BCUT2D eigenvalue weighted by Gasteiger charge is -2.04. The van der Waals surface area contributed by atoms with Crippen molar-refractivity contribution in [3.63, 3.8) is 0 Å². The number of aromatic carboxylic acids is 1. The number of ether oxygens (including phenoxy) is 2. The Morgan fingerprint density at radius 3 is 2.75 bits per heavy atom. The Bertz CT molecular complexity index is 428. The minimum atomic E-state index is -1.12. The van der Waals surface area contributed by atoms with Crippen LogP contribution in [0.1, 0.15) is 33.8 Å². The molecule has 0 unspecified atom stereocenters. The smallest absolute Gasteiger partial charge is 0.338 e. The number of carbonyl (C=O) groups excluding carboxylic acids is 1. The lowest BCUT2D eigenvalue weighted by molar-refractivity contribution is 0.0685. The minimum absolute atomic E-state index is 0.00116. The van der Waals surface area contributed by atoms with Crippen molar-refractivity contribution in [2.45, 2.75) is 12.8 Å². The van der Waals surface area contributed by atoms with Gasteiger partial charge in [-0.2, -0.15) is 0 Å². The van der Waals surface area contributed by atoms with Crippen molar-refractivity contribution < 1.29 is 28.6 Å². The standard InChI is InChI=1S/C13H19NO6/c1-18-6-7-19-5-3-2-4-14-12(15)11-8-10(9-20-11)13(16)17/h8-9H,2-7H2,1H3,(H,14,15)(H,16,17). The van der Waals surface area contributed by atoms with E-state index in [9.17, 15) is 9.59 Å². The van der Waals surface area contributed by atoms with Gasteiger partial charge in [-0.1, -0.05) is 0 Å². The molecule has 112 valence electrons. The van der Waals surface area contributed by atoms with E-state index in [4.69, 9.17) is 19.0 Å².